The number of hydrogen-bond acceptors (Lipinski definition) is 3. The van der Waals surface area contributed by atoms with E-state index < -0.39 is 5.82 Å². The third kappa shape index (κ3) is 3.48. The van der Waals surface area contributed by atoms with Gasteiger partial charge < -0.3 is 10.6 Å². The number of benzene rings is 1. The van der Waals surface area contributed by atoms with Crippen molar-refractivity contribution in [3.63, 3.8) is 0 Å². The van der Waals surface area contributed by atoms with Gasteiger partial charge in [0.05, 0.1) is 5.69 Å². The first-order valence-electron chi connectivity index (χ1n) is 8.31. The number of aromatic nitrogens is 2. The fourth-order valence-electron chi connectivity index (χ4n) is 3.24. The summed E-state index contributed by atoms with van der Waals surface area (Å²) in [6.07, 6.45) is 1.61. The number of carbonyl (C=O) groups excluding carboxylic acids is 1. The smallest absolute Gasteiger partial charge is 0.227 e. The van der Waals surface area contributed by atoms with Gasteiger partial charge in [0.15, 0.2) is 5.82 Å². The quantitative estimate of drug-likeness (QED) is 0.910. The van der Waals surface area contributed by atoms with E-state index in [2.05, 4.69) is 22.7 Å². The van der Waals surface area contributed by atoms with Crippen molar-refractivity contribution in [2.45, 2.75) is 39.7 Å². The predicted molar refractivity (Wildman–Crippen MR) is 91.8 cm³/mol. The second kappa shape index (κ2) is 6.73. The number of rotatable bonds is 3. The van der Waals surface area contributed by atoms with Crippen LogP contribution in [0.2, 0.25) is 0 Å². The van der Waals surface area contributed by atoms with Crippen LogP contribution in [0.3, 0.4) is 0 Å². The Morgan fingerprint density at radius 1 is 1.38 bits per heavy atom. The number of amides is 1. The second-order valence-electron chi connectivity index (χ2n) is 6.57. The summed E-state index contributed by atoms with van der Waals surface area (Å²) in [7, 11) is 0. The molecule has 1 aliphatic rings. The Labute approximate surface area is 141 Å². The van der Waals surface area contributed by atoms with Gasteiger partial charge in [0.2, 0.25) is 5.91 Å². The summed E-state index contributed by atoms with van der Waals surface area (Å²) < 4.78 is 16.0. The summed E-state index contributed by atoms with van der Waals surface area (Å²) in [6.45, 7) is 6.66. The lowest BCUT2D eigenvalue weighted by Crippen LogP contribution is -2.40. The Morgan fingerprint density at radius 3 is 2.79 bits per heavy atom. The van der Waals surface area contributed by atoms with Crippen molar-refractivity contribution in [3.05, 3.63) is 41.5 Å². The van der Waals surface area contributed by atoms with Crippen LogP contribution in [0.1, 0.15) is 31.2 Å². The fourth-order valence-corrected chi connectivity index (χ4v) is 3.24. The van der Waals surface area contributed by atoms with Crippen molar-refractivity contribution in [2.24, 2.45) is 5.92 Å². The van der Waals surface area contributed by atoms with Gasteiger partial charge in [-0.1, -0.05) is 0 Å². The number of nitrogens with one attached hydrogen (secondary N) is 2. The molecule has 0 saturated carbocycles. The number of carbonyl (C=O) groups is 1. The zero-order valence-electron chi connectivity index (χ0n) is 14.3. The average molecular weight is 330 g/mol. The van der Waals surface area contributed by atoms with Gasteiger partial charge in [0.25, 0.3) is 0 Å². The summed E-state index contributed by atoms with van der Waals surface area (Å²) >= 11 is 0. The summed E-state index contributed by atoms with van der Waals surface area (Å²) in [5.41, 5.74) is 2.57. The van der Waals surface area contributed by atoms with Crippen LogP contribution >= 0.6 is 0 Å². The average Bonchev–Trinajstić information content (AvgIpc) is 2.86. The van der Waals surface area contributed by atoms with Crippen LogP contribution in [0.25, 0.3) is 5.69 Å². The first-order chi connectivity index (χ1) is 11.4. The number of aryl methyl sites for hydroxylation is 2. The fraction of sp³-hybridized carbons (Fsp3) is 0.444. The van der Waals surface area contributed by atoms with Gasteiger partial charge in [0.1, 0.15) is 5.69 Å². The van der Waals surface area contributed by atoms with E-state index in [0.29, 0.717) is 17.4 Å². The highest BCUT2D eigenvalue weighted by molar-refractivity contribution is 5.92. The first-order valence-corrected chi connectivity index (χ1v) is 8.31. The Hall–Kier alpha value is -2.21. The molecule has 2 heterocycles. The minimum absolute atomic E-state index is 0.0278. The van der Waals surface area contributed by atoms with Crippen molar-refractivity contribution in [1.82, 2.24) is 15.1 Å². The third-order valence-corrected chi connectivity index (χ3v) is 4.45. The van der Waals surface area contributed by atoms with Crippen LogP contribution in [0.4, 0.5) is 10.1 Å². The molecule has 2 aromatic rings. The molecule has 0 unspecified atom stereocenters. The molecule has 1 aromatic heterocycles. The van der Waals surface area contributed by atoms with Gasteiger partial charge in [-0.2, -0.15) is 5.10 Å². The standard InChI is InChI=1S/C18H23FN4O/c1-11-9-14(6-7-20-11)18(24)21-15-4-5-17(16(19)10-15)23-13(3)8-12(2)22-23/h4-5,8,10-11,14,20H,6-7,9H2,1-3H3,(H,21,24)/t11-,14-/m0/s1. The van der Waals surface area contributed by atoms with Crippen molar-refractivity contribution in [1.29, 1.82) is 0 Å². The molecule has 1 aliphatic heterocycles. The maximum Gasteiger partial charge on any atom is 0.227 e. The molecule has 2 atom stereocenters. The molecular formula is C18H23FN4O. The number of anilines is 1. The molecule has 0 spiro atoms. The first kappa shape index (κ1) is 16.6. The van der Waals surface area contributed by atoms with Crippen LogP contribution in [-0.2, 0) is 4.79 Å². The Morgan fingerprint density at radius 2 is 2.17 bits per heavy atom. The molecule has 24 heavy (non-hydrogen) atoms. The van der Waals surface area contributed by atoms with E-state index in [4.69, 9.17) is 0 Å². The van der Waals surface area contributed by atoms with Gasteiger partial charge in [-0.3, -0.25) is 4.79 Å². The molecule has 5 nitrogen and oxygen atoms in total. The van der Waals surface area contributed by atoms with E-state index >= 15 is 0 Å². The molecular weight excluding hydrogens is 307 g/mol. The number of nitrogens with zero attached hydrogens (tertiary/aromatic N) is 2. The van der Waals surface area contributed by atoms with E-state index in [9.17, 15) is 9.18 Å². The van der Waals surface area contributed by atoms with E-state index in [0.717, 1.165) is 30.8 Å². The number of hydrogen-bond donors (Lipinski definition) is 2. The van der Waals surface area contributed by atoms with Gasteiger partial charge in [-0.25, -0.2) is 9.07 Å². The Kier molecular flexibility index (Phi) is 4.66. The zero-order valence-corrected chi connectivity index (χ0v) is 14.3. The highest BCUT2D eigenvalue weighted by atomic mass is 19.1. The lowest BCUT2D eigenvalue weighted by atomic mass is 9.92. The van der Waals surface area contributed by atoms with Crippen LogP contribution < -0.4 is 10.6 Å². The molecule has 1 saturated heterocycles. The predicted octanol–water partition coefficient (Wildman–Crippen LogP) is 2.95. The van der Waals surface area contributed by atoms with E-state index in [1.165, 1.54) is 6.07 Å². The molecule has 1 amide bonds. The highest BCUT2D eigenvalue weighted by Gasteiger charge is 2.24. The molecule has 0 aliphatic carbocycles. The Balaban J connectivity index is 1.75. The molecule has 3 rings (SSSR count). The van der Waals surface area contributed by atoms with Crippen LogP contribution in [0, 0.1) is 25.6 Å². The normalized spacial score (nSPS) is 20.8. The largest absolute Gasteiger partial charge is 0.326 e. The minimum Gasteiger partial charge on any atom is -0.326 e. The summed E-state index contributed by atoms with van der Waals surface area (Å²) in [5.74, 6) is -0.473. The van der Waals surface area contributed by atoms with Crippen LogP contribution in [0.15, 0.2) is 24.3 Å². The van der Waals surface area contributed by atoms with Gasteiger partial charge >= 0.3 is 0 Å². The van der Waals surface area contributed by atoms with Crippen molar-refractivity contribution in [2.75, 3.05) is 11.9 Å². The maximum atomic E-state index is 14.5. The van der Waals surface area contributed by atoms with Crippen LogP contribution in [0.5, 0.6) is 0 Å². The monoisotopic (exact) mass is 330 g/mol. The lowest BCUT2D eigenvalue weighted by Gasteiger charge is -2.27. The molecule has 0 radical (unpaired) electrons. The maximum absolute atomic E-state index is 14.5. The van der Waals surface area contributed by atoms with Gasteiger partial charge in [-0.05, 0) is 64.4 Å². The van der Waals surface area contributed by atoms with Crippen molar-refractivity contribution < 1.29 is 9.18 Å². The topological polar surface area (TPSA) is 59.0 Å². The van der Waals surface area contributed by atoms with Crippen LogP contribution in [-0.4, -0.2) is 28.3 Å². The SMILES string of the molecule is Cc1cc(C)n(-c2ccc(NC(=O)[C@H]3CCN[C@@H](C)C3)cc2F)n1. The van der Waals surface area contributed by atoms with E-state index in [-0.39, 0.29) is 11.8 Å². The van der Waals surface area contributed by atoms with Crippen molar-refractivity contribution in [3.8, 4) is 5.69 Å². The minimum atomic E-state index is -0.405. The Bertz CT molecular complexity index is 755. The second-order valence-corrected chi connectivity index (χ2v) is 6.57. The third-order valence-electron chi connectivity index (χ3n) is 4.45. The summed E-state index contributed by atoms with van der Waals surface area (Å²) in [4.78, 5) is 12.4. The zero-order chi connectivity index (χ0) is 17.3. The molecule has 6 heteroatoms. The molecule has 2 N–H and O–H groups in total. The van der Waals surface area contributed by atoms with Gasteiger partial charge in [0, 0.05) is 23.3 Å². The highest BCUT2D eigenvalue weighted by Crippen LogP contribution is 2.22. The van der Waals surface area contributed by atoms with Crippen molar-refractivity contribution >= 4 is 11.6 Å². The summed E-state index contributed by atoms with van der Waals surface area (Å²) in [5, 5.41) is 10.5. The molecule has 128 valence electrons. The summed E-state index contributed by atoms with van der Waals surface area (Å²) in [6, 6.07) is 6.95. The van der Waals surface area contributed by atoms with E-state index in [1.807, 2.05) is 19.9 Å². The number of piperidine rings is 1. The number of halogens is 1. The molecule has 0 bridgehead atoms. The lowest BCUT2D eigenvalue weighted by molar-refractivity contribution is -0.120. The molecule has 1 aromatic carbocycles. The van der Waals surface area contributed by atoms with Gasteiger partial charge in [-0.15, -0.1) is 0 Å². The molecule has 1 fully saturated rings. The van der Waals surface area contributed by atoms with E-state index in [1.54, 1.807) is 16.8 Å².